The van der Waals surface area contributed by atoms with Crippen LogP contribution in [0.5, 0.6) is 11.5 Å². The molecule has 30 heavy (non-hydrogen) atoms. The Morgan fingerprint density at radius 2 is 1.50 bits per heavy atom. The minimum atomic E-state index is -5.51. The van der Waals surface area contributed by atoms with E-state index in [-0.39, 0.29) is 5.56 Å². The van der Waals surface area contributed by atoms with Gasteiger partial charge in [0.2, 0.25) is 0 Å². The summed E-state index contributed by atoms with van der Waals surface area (Å²) in [7, 11) is -5.51. The third-order valence-electron chi connectivity index (χ3n) is 3.55. The number of hydrogen-bond acceptors (Lipinski definition) is 6. The Morgan fingerprint density at radius 3 is 2.03 bits per heavy atom. The molecule has 2 N–H and O–H groups in total. The zero-order valence-electron chi connectivity index (χ0n) is 15.5. The van der Waals surface area contributed by atoms with E-state index in [1.54, 1.807) is 31.2 Å². The largest absolute Gasteiger partial charge is 0.501 e. The molecule has 2 aromatic rings. The van der Waals surface area contributed by atoms with Gasteiger partial charge in [0.25, 0.3) is 21.7 Å². The SMILES string of the molecule is CCOc1ccccc1OCC(=O)NNC(=O)c1ccc(S(=O)(=O)C(F)(F)F)cc1. The van der Waals surface area contributed by atoms with E-state index < -0.39 is 38.7 Å². The number of alkyl halides is 3. The Hall–Kier alpha value is -3.28. The van der Waals surface area contributed by atoms with E-state index in [2.05, 4.69) is 5.43 Å². The van der Waals surface area contributed by atoms with Gasteiger partial charge in [-0.25, -0.2) is 8.42 Å². The van der Waals surface area contributed by atoms with Crippen LogP contribution in [-0.4, -0.2) is 39.0 Å². The van der Waals surface area contributed by atoms with E-state index in [0.29, 0.717) is 30.2 Å². The molecule has 0 spiro atoms. The van der Waals surface area contributed by atoms with E-state index >= 15 is 0 Å². The van der Waals surface area contributed by atoms with E-state index in [1.807, 2.05) is 5.43 Å². The van der Waals surface area contributed by atoms with Crippen LogP contribution in [0.25, 0.3) is 0 Å². The summed E-state index contributed by atoms with van der Waals surface area (Å²) >= 11 is 0. The van der Waals surface area contributed by atoms with Gasteiger partial charge in [-0.3, -0.25) is 20.4 Å². The minimum absolute atomic E-state index is 0.168. The molecule has 0 radical (unpaired) electrons. The molecule has 0 unspecified atom stereocenters. The lowest BCUT2D eigenvalue weighted by molar-refractivity contribution is -0.123. The number of carbonyl (C=O) groups is 2. The van der Waals surface area contributed by atoms with Crippen LogP contribution in [0, 0.1) is 0 Å². The summed E-state index contributed by atoms with van der Waals surface area (Å²) in [5.74, 6) is -0.826. The average Bonchev–Trinajstić information content (AvgIpc) is 2.71. The number of para-hydroxylation sites is 2. The second-order valence-electron chi connectivity index (χ2n) is 5.64. The molecule has 0 aliphatic heterocycles. The fourth-order valence-electron chi connectivity index (χ4n) is 2.14. The van der Waals surface area contributed by atoms with Crippen molar-refractivity contribution in [3.05, 3.63) is 54.1 Å². The van der Waals surface area contributed by atoms with Crippen molar-refractivity contribution in [1.82, 2.24) is 10.9 Å². The first-order chi connectivity index (χ1) is 14.1. The van der Waals surface area contributed by atoms with E-state index in [9.17, 15) is 31.2 Å². The summed E-state index contributed by atoms with van der Waals surface area (Å²) in [6.45, 7) is 1.73. The zero-order valence-corrected chi connectivity index (χ0v) is 16.3. The van der Waals surface area contributed by atoms with Crippen LogP contribution in [0.3, 0.4) is 0 Å². The third-order valence-corrected chi connectivity index (χ3v) is 5.06. The van der Waals surface area contributed by atoms with Crippen molar-refractivity contribution < 1.29 is 40.7 Å². The van der Waals surface area contributed by atoms with Gasteiger partial charge in [-0.15, -0.1) is 0 Å². The highest BCUT2D eigenvalue weighted by molar-refractivity contribution is 7.92. The zero-order chi connectivity index (χ0) is 22.4. The molecule has 0 aliphatic rings. The van der Waals surface area contributed by atoms with Crippen LogP contribution in [0.4, 0.5) is 13.2 Å². The summed E-state index contributed by atoms with van der Waals surface area (Å²) in [4.78, 5) is 22.8. The molecule has 162 valence electrons. The van der Waals surface area contributed by atoms with Crippen LogP contribution in [0.2, 0.25) is 0 Å². The Labute approximate surface area is 169 Å². The van der Waals surface area contributed by atoms with Crippen LogP contribution in [0.1, 0.15) is 17.3 Å². The number of benzene rings is 2. The average molecular weight is 446 g/mol. The first kappa shape index (κ1) is 23.0. The number of sulfone groups is 1. The predicted octanol–water partition coefficient (Wildman–Crippen LogP) is 2.22. The maximum absolute atomic E-state index is 12.5. The number of carbonyl (C=O) groups excluding carboxylic acids is 2. The first-order valence-corrected chi connectivity index (χ1v) is 9.89. The Morgan fingerprint density at radius 1 is 0.933 bits per heavy atom. The van der Waals surface area contributed by atoms with Gasteiger partial charge in [0, 0.05) is 5.56 Å². The molecule has 0 aliphatic carbocycles. The molecule has 2 aromatic carbocycles. The van der Waals surface area contributed by atoms with E-state index in [1.165, 1.54) is 0 Å². The number of amides is 2. The van der Waals surface area contributed by atoms with Gasteiger partial charge in [-0.2, -0.15) is 13.2 Å². The van der Waals surface area contributed by atoms with Crippen molar-refractivity contribution >= 4 is 21.7 Å². The van der Waals surface area contributed by atoms with Crippen LogP contribution >= 0.6 is 0 Å². The monoisotopic (exact) mass is 446 g/mol. The summed E-state index contributed by atoms with van der Waals surface area (Å²) < 4.78 is 70.8. The Kier molecular flexibility index (Phi) is 7.27. The van der Waals surface area contributed by atoms with Gasteiger partial charge in [-0.1, -0.05) is 12.1 Å². The molecule has 0 bridgehead atoms. The summed E-state index contributed by atoms with van der Waals surface area (Å²) in [5.41, 5.74) is -1.51. The van der Waals surface area contributed by atoms with Crippen LogP contribution < -0.4 is 20.3 Å². The lowest BCUT2D eigenvalue weighted by atomic mass is 10.2. The highest BCUT2D eigenvalue weighted by Crippen LogP contribution is 2.30. The van der Waals surface area contributed by atoms with Gasteiger partial charge < -0.3 is 9.47 Å². The molecule has 8 nitrogen and oxygen atoms in total. The van der Waals surface area contributed by atoms with Gasteiger partial charge in [0.1, 0.15) is 0 Å². The molecule has 0 saturated heterocycles. The number of ether oxygens (including phenoxy) is 2. The Balaban J connectivity index is 1.91. The third kappa shape index (κ3) is 5.63. The van der Waals surface area contributed by atoms with Crippen molar-refractivity contribution in [1.29, 1.82) is 0 Å². The lowest BCUT2D eigenvalue weighted by Crippen LogP contribution is -2.43. The molecule has 0 heterocycles. The summed E-state index contributed by atoms with van der Waals surface area (Å²) in [5, 5.41) is 0. The standard InChI is InChI=1S/C18H17F3N2O6S/c1-2-28-14-5-3-4-6-15(14)29-11-16(24)22-23-17(25)12-7-9-13(10-8-12)30(26,27)18(19,20)21/h3-10H,2,11H2,1H3,(H,22,24)(H,23,25). The molecule has 2 rings (SSSR count). The highest BCUT2D eigenvalue weighted by Gasteiger charge is 2.46. The molecular formula is C18H17F3N2O6S. The normalized spacial score (nSPS) is 11.5. The van der Waals surface area contributed by atoms with Crippen molar-refractivity contribution in [3.8, 4) is 11.5 Å². The van der Waals surface area contributed by atoms with Gasteiger partial charge in [-0.05, 0) is 43.3 Å². The smallest absolute Gasteiger partial charge is 0.490 e. The second kappa shape index (κ2) is 9.48. The van der Waals surface area contributed by atoms with Gasteiger partial charge in [0.05, 0.1) is 11.5 Å². The number of nitrogens with one attached hydrogen (secondary N) is 2. The maximum atomic E-state index is 12.5. The van der Waals surface area contributed by atoms with Crippen LogP contribution in [0.15, 0.2) is 53.4 Å². The fraction of sp³-hybridized carbons (Fsp3) is 0.222. The van der Waals surface area contributed by atoms with Crippen molar-refractivity contribution in [2.24, 2.45) is 0 Å². The lowest BCUT2D eigenvalue weighted by Gasteiger charge is -2.12. The number of rotatable bonds is 7. The molecular weight excluding hydrogens is 429 g/mol. The van der Waals surface area contributed by atoms with Crippen molar-refractivity contribution in [3.63, 3.8) is 0 Å². The molecule has 2 amide bonds. The summed E-state index contributed by atoms with van der Waals surface area (Å²) in [6, 6.07) is 9.71. The summed E-state index contributed by atoms with van der Waals surface area (Å²) in [6.07, 6.45) is 0. The molecule has 0 saturated carbocycles. The van der Waals surface area contributed by atoms with E-state index in [4.69, 9.17) is 9.47 Å². The highest BCUT2D eigenvalue weighted by atomic mass is 32.2. The predicted molar refractivity (Wildman–Crippen MR) is 98.4 cm³/mol. The number of hydrazine groups is 1. The maximum Gasteiger partial charge on any atom is 0.501 e. The van der Waals surface area contributed by atoms with E-state index in [0.717, 1.165) is 12.1 Å². The number of hydrogen-bond donors (Lipinski definition) is 2. The Bertz CT molecular complexity index is 1010. The molecule has 12 heteroatoms. The topological polar surface area (TPSA) is 111 Å². The fourth-order valence-corrected chi connectivity index (χ4v) is 2.90. The first-order valence-electron chi connectivity index (χ1n) is 8.41. The minimum Gasteiger partial charge on any atom is -0.490 e. The van der Waals surface area contributed by atoms with Crippen molar-refractivity contribution in [2.45, 2.75) is 17.3 Å². The molecule has 0 aromatic heterocycles. The number of halogens is 3. The van der Waals surface area contributed by atoms with Crippen molar-refractivity contribution in [2.75, 3.05) is 13.2 Å². The second-order valence-corrected chi connectivity index (χ2v) is 7.59. The molecule has 0 fully saturated rings. The molecule has 0 atom stereocenters. The van der Waals surface area contributed by atoms with Gasteiger partial charge >= 0.3 is 5.51 Å². The van der Waals surface area contributed by atoms with Crippen LogP contribution in [-0.2, 0) is 14.6 Å². The quantitative estimate of drug-likeness (QED) is 0.631. The van der Waals surface area contributed by atoms with Gasteiger partial charge in [0.15, 0.2) is 18.1 Å².